The van der Waals surface area contributed by atoms with Gasteiger partial charge in [-0.2, -0.15) is 5.10 Å². The number of aryl methyl sites for hydroxylation is 2. The van der Waals surface area contributed by atoms with Crippen molar-refractivity contribution in [2.45, 2.75) is 51.9 Å². The predicted octanol–water partition coefficient (Wildman–Crippen LogP) is 1.49. The average Bonchev–Trinajstić information content (AvgIpc) is 3.03. The highest BCUT2D eigenvalue weighted by molar-refractivity contribution is 5.93. The van der Waals surface area contributed by atoms with Gasteiger partial charge in [0.2, 0.25) is 11.8 Å². The fourth-order valence-corrected chi connectivity index (χ4v) is 4.23. The number of hydrogen-bond acceptors (Lipinski definition) is 4. The standard InChI is InChI=1S/C21H33N5O3/c1-16-15-18(24(2)23-16)21(29)26-12-7-17(8-13-26)20(28)25-11-6-4-3-5-10-22-19(27)9-14-25/h15,17H,3-14H2,1-2H3,(H,22,27). The molecule has 8 heteroatoms. The minimum atomic E-state index is -0.0690. The Balaban J connectivity index is 1.55. The largest absolute Gasteiger partial charge is 0.356 e. The number of aromatic nitrogens is 2. The molecule has 0 atom stereocenters. The van der Waals surface area contributed by atoms with E-state index in [1.807, 2.05) is 16.7 Å². The molecule has 0 spiro atoms. The van der Waals surface area contributed by atoms with Crippen LogP contribution in [0.3, 0.4) is 0 Å². The maximum Gasteiger partial charge on any atom is 0.272 e. The third-order valence-corrected chi connectivity index (χ3v) is 5.95. The maximum absolute atomic E-state index is 13.1. The van der Waals surface area contributed by atoms with Gasteiger partial charge in [0.05, 0.1) is 5.69 Å². The number of rotatable bonds is 2. The molecule has 2 fully saturated rings. The summed E-state index contributed by atoms with van der Waals surface area (Å²) in [4.78, 5) is 41.5. The van der Waals surface area contributed by atoms with Crippen LogP contribution in [0.4, 0.5) is 0 Å². The van der Waals surface area contributed by atoms with Crippen molar-refractivity contribution < 1.29 is 14.4 Å². The summed E-state index contributed by atoms with van der Waals surface area (Å²) in [5.74, 6) is 0.0727. The Morgan fingerprint density at radius 2 is 1.76 bits per heavy atom. The molecule has 3 heterocycles. The lowest BCUT2D eigenvalue weighted by atomic mass is 9.94. The quantitative estimate of drug-likeness (QED) is 0.810. The molecule has 1 aromatic heterocycles. The number of carbonyl (C=O) groups excluding carboxylic acids is 3. The summed E-state index contributed by atoms with van der Waals surface area (Å²) in [5, 5.41) is 7.18. The zero-order valence-electron chi connectivity index (χ0n) is 17.7. The van der Waals surface area contributed by atoms with Crippen molar-refractivity contribution in [1.29, 1.82) is 0 Å². The van der Waals surface area contributed by atoms with E-state index < -0.39 is 0 Å². The van der Waals surface area contributed by atoms with Crippen LogP contribution in [0.25, 0.3) is 0 Å². The second-order valence-corrected chi connectivity index (χ2v) is 8.20. The number of nitrogens with one attached hydrogen (secondary N) is 1. The average molecular weight is 404 g/mol. The monoisotopic (exact) mass is 403 g/mol. The molecule has 0 aromatic carbocycles. The fourth-order valence-electron chi connectivity index (χ4n) is 4.23. The first-order chi connectivity index (χ1) is 14.0. The van der Waals surface area contributed by atoms with Gasteiger partial charge in [-0.25, -0.2) is 0 Å². The molecule has 160 valence electrons. The lowest BCUT2D eigenvalue weighted by Crippen LogP contribution is -2.45. The Labute approximate surface area is 172 Å². The van der Waals surface area contributed by atoms with Crippen LogP contribution in [0.5, 0.6) is 0 Å². The van der Waals surface area contributed by atoms with Gasteiger partial charge in [0.1, 0.15) is 5.69 Å². The predicted molar refractivity (Wildman–Crippen MR) is 109 cm³/mol. The number of hydrogen-bond donors (Lipinski definition) is 1. The van der Waals surface area contributed by atoms with E-state index in [4.69, 9.17) is 0 Å². The van der Waals surface area contributed by atoms with Crippen LogP contribution in [0.15, 0.2) is 6.07 Å². The summed E-state index contributed by atoms with van der Waals surface area (Å²) in [6.07, 6.45) is 5.85. The molecule has 3 rings (SSSR count). The second kappa shape index (κ2) is 9.89. The van der Waals surface area contributed by atoms with Gasteiger partial charge in [0, 0.05) is 52.1 Å². The molecule has 8 nitrogen and oxygen atoms in total. The van der Waals surface area contributed by atoms with E-state index in [1.54, 1.807) is 17.8 Å². The van der Waals surface area contributed by atoms with Gasteiger partial charge >= 0.3 is 0 Å². The van der Waals surface area contributed by atoms with Crippen molar-refractivity contribution in [3.8, 4) is 0 Å². The minimum absolute atomic E-state index is 0.0223. The molecular weight excluding hydrogens is 370 g/mol. The molecule has 3 amide bonds. The molecule has 2 saturated heterocycles. The Bertz CT molecular complexity index is 737. The van der Waals surface area contributed by atoms with Crippen molar-refractivity contribution in [3.63, 3.8) is 0 Å². The lowest BCUT2D eigenvalue weighted by Gasteiger charge is -2.34. The van der Waals surface area contributed by atoms with Gasteiger partial charge in [-0.15, -0.1) is 0 Å². The van der Waals surface area contributed by atoms with Crippen LogP contribution in [0.1, 0.15) is 61.1 Å². The van der Waals surface area contributed by atoms with Gasteiger partial charge in [-0.05, 0) is 38.7 Å². The SMILES string of the molecule is Cc1cc(C(=O)N2CCC(C(=O)N3CCCCCCNC(=O)CC3)CC2)n(C)n1. The van der Waals surface area contributed by atoms with E-state index in [-0.39, 0.29) is 23.6 Å². The summed E-state index contributed by atoms with van der Waals surface area (Å²) >= 11 is 0. The first-order valence-corrected chi connectivity index (χ1v) is 10.8. The second-order valence-electron chi connectivity index (χ2n) is 8.20. The maximum atomic E-state index is 13.1. The zero-order chi connectivity index (χ0) is 20.8. The highest BCUT2D eigenvalue weighted by Gasteiger charge is 2.31. The third-order valence-electron chi connectivity index (χ3n) is 5.95. The Morgan fingerprint density at radius 3 is 2.45 bits per heavy atom. The molecule has 0 bridgehead atoms. The lowest BCUT2D eigenvalue weighted by molar-refractivity contribution is -0.137. The van der Waals surface area contributed by atoms with Crippen LogP contribution in [-0.2, 0) is 16.6 Å². The van der Waals surface area contributed by atoms with Crippen molar-refractivity contribution >= 4 is 17.7 Å². The van der Waals surface area contributed by atoms with Crippen molar-refractivity contribution in [3.05, 3.63) is 17.5 Å². The van der Waals surface area contributed by atoms with Crippen molar-refractivity contribution in [2.75, 3.05) is 32.7 Å². The van der Waals surface area contributed by atoms with E-state index >= 15 is 0 Å². The third kappa shape index (κ3) is 5.58. The van der Waals surface area contributed by atoms with Crippen LogP contribution in [0.2, 0.25) is 0 Å². The minimum Gasteiger partial charge on any atom is -0.356 e. The number of nitrogens with zero attached hydrogens (tertiary/aromatic N) is 4. The summed E-state index contributed by atoms with van der Waals surface area (Å²) in [6, 6.07) is 1.80. The van der Waals surface area contributed by atoms with Crippen LogP contribution in [0, 0.1) is 12.8 Å². The highest BCUT2D eigenvalue weighted by Crippen LogP contribution is 2.22. The molecule has 0 saturated carbocycles. The van der Waals surface area contributed by atoms with Gasteiger partial charge in [0.15, 0.2) is 0 Å². The highest BCUT2D eigenvalue weighted by atomic mass is 16.2. The molecule has 1 N–H and O–H groups in total. The number of amides is 3. The first kappa shape index (κ1) is 21.3. The molecule has 2 aliphatic rings. The molecule has 2 aliphatic heterocycles. The molecule has 29 heavy (non-hydrogen) atoms. The molecular formula is C21H33N5O3. The van der Waals surface area contributed by atoms with E-state index in [0.717, 1.165) is 44.5 Å². The Morgan fingerprint density at radius 1 is 1.03 bits per heavy atom. The first-order valence-electron chi connectivity index (χ1n) is 10.8. The number of likely N-dealkylation sites (tertiary alicyclic amines) is 1. The Kier molecular flexibility index (Phi) is 7.28. The van der Waals surface area contributed by atoms with Crippen molar-refractivity contribution in [1.82, 2.24) is 24.9 Å². The van der Waals surface area contributed by atoms with E-state index in [9.17, 15) is 14.4 Å². The van der Waals surface area contributed by atoms with Crippen molar-refractivity contribution in [2.24, 2.45) is 13.0 Å². The van der Waals surface area contributed by atoms with Crippen LogP contribution < -0.4 is 5.32 Å². The smallest absolute Gasteiger partial charge is 0.272 e. The fraction of sp³-hybridized carbons (Fsp3) is 0.714. The normalized spacial score (nSPS) is 20.1. The van der Waals surface area contributed by atoms with E-state index in [2.05, 4.69) is 10.4 Å². The van der Waals surface area contributed by atoms with Gasteiger partial charge < -0.3 is 15.1 Å². The number of carbonyl (C=O) groups is 3. The summed E-state index contributed by atoms with van der Waals surface area (Å²) in [7, 11) is 1.78. The molecule has 0 unspecified atom stereocenters. The topological polar surface area (TPSA) is 87.5 Å². The van der Waals surface area contributed by atoms with Gasteiger partial charge in [-0.1, -0.05) is 12.8 Å². The molecule has 1 aromatic rings. The van der Waals surface area contributed by atoms with Crippen LogP contribution in [-0.4, -0.2) is 70.0 Å². The van der Waals surface area contributed by atoms with Gasteiger partial charge in [0.25, 0.3) is 5.91 Å². The summed E-state index contributed by atoms with van der Waals surface area (Å²) in [5.41, 5.74) is 1.41. The van der Waals surface area contributed by atoms with Crippen LogP contribution >= 0.6 is 0 Å². The Hall–Kier alpha value is -2.38. The van der Waals surface area contributed by atoms with Gasteiger partial charge in [-0.3, -0.25) is 19.1 Å². The number of piperidine rings is 1. The summed E-state index contributed by atoms with van der Waals surface area (Å²) in [6.45, 7) is 4.96. The summed E-state index contributed by atoms with van der Waals surface area (Å²) < 4.78 is 1.62. The molecule has 0 radical (unpaired) electrons. The van der Waals surface area contributed by atoms with E-state index in [0.29, 0.717) is 44.6 Å². The zero-order valence-corrected chi connectivity index (χ0v) is 17.7. The van der Waals surface area contributed by atoms with E-state index in [1.165, 1.54) is 0 Å². The molecule has 0 aliphatic carbocycles.